The molecule has 2 aromatic carbocycles. The lowest BCUT2D eigenvalue weighted by Crippen LogP contribution is -2.14. The van der Waals surface area contributed by atoms with Crippen molar-refractivity contribution in [3.8, 4) is 22.6 Å². The average Bonchev–Trinajstić information content (AvgIpc) is 2.83. The fraction of sp³-hybridized carbons (Fsp3) is 0.379. The highest BCUT2D eigenvalue weighted by Gasteiger charge is 2.09. The van der Waals surface area contributed by atoms with E-state index in [-0.39, 0.29) is 0 Å². The zero-order valence-corrected chi connectivity index (χ0v) is 21.6. The number of aryl methyl sites for hydroxylation is 1. The number of rotatable bonds is 10. The Morgan fingerprint density at radius 3 is 1.63 bits per heavy atom. The zero-order chi connectivity index (χ0) is 25.4. The second-order valence-electron chi connectivity index (χ2n) is 9.77. The lowest BCUT2D eigenvalue weighted by atomic mass is 10.1. The maximum atomic E-state index is 6.17. The first kappa shape index (κ1) is 26.1. The van der Waals surface area contributed by atoms with Gasteiger partial charge in [0.05, 0.1) is 5.69 Å². The summed E-state index contributed by atoms with van der Waals surface area (Å²) in [7, 11) is 0. The van der Waals surface area contributed by atoms with Crippen LogP contribution in [-0.2, 0) is 0 Å². The number of benzene rings is 2. The molecule has 4 N–H and O–H groups in total. The van der Waals surface area contributed by atoms with Crippen molar-refractivity contribution >= 4 is 11.7 Å². The highest BCUT2D eigenvalue weighted by molar-refractivity contribution is 5.98. The largest absolute Gasteiger partial charge is 0.384 e. The molecule has 0 aliphatic heterocycles. The Balaban J connectivity index is 1.78. The summed E-state index contributed by atoms with van der Waals surface area (Å²) in [4.78, 5) is 18.5. The molecule has 0 atom stereocenters. The van der Waals surface area contributed by atoms with Gasteiger partial charge >= 0.3 is 0 Å². The van der Waals surface area contributed by atoms with Crippen LogP contribution in [0.3, 0.4) is 0 Å². The molecule has 3 rings (SSSR count). The first-order valence-electron chi connectivity index (χ1n) is 12.4. The summed E-state index contributed by atoms with van der Waals surface area (Å²) in [6, 6.07) is 18.0. The molecule has 0 spiro atoms. The van der Waals surface area contributed by atoms with Crippen LogP contribution in [0.1, 0.15) is 57.4 Å². The third-order valence-corrected chi connectivity index (χ3v) is 5.75. The molecule has 0 fully saturated rings. The molecule has 0 radical (unpaired) electrons. The van der Waals surface area contributed by atoms with Crippen LogP contribution < -0.4 is 11.5 Å². The minimum atomic E-state index is 0.565. The van der Waals surface area contributed by atoms with E-state index in [4.69, 9.17) is 16.5 Å². The van der Waals surface area contributed by atoms with Gasteiger partial charge in [0.15, 0.2) is 5.82 Å². The smallest absolute Gasteiger partial charge is 0.160 e. The number of nitrogens with two attached hydrogens (primary N) is 2. The average molecular weight is 471 g/mol. The standard InChI is InChI=1S/C29H38N6/c1-19(2)14-16-32-27(30)23-8-6-22(7-9-23)26-18-21(5)34-29(35-26)25-12-10-24(11-13-25)28(31)33-17-15-20(3)4/h6-13,18-20H,14-17H2,1-5H3,(H2,30,32)(H2,31,33). The van der Waals surface area contributed by atoms with Gasteiger partial charge in [-0.05, 0) is 37.7 Å². The molecule has 0 amide bonds. The van der Waals surface area contributed by atoms with Crippen LogP contribution in [0.25, 0.3) is 22.6 Å². The van der Waals surface area contributed by atoms with Crippen molar-refractivity contribution in [3.63, 3.8) is 0 Å². The quantitative estimate of drug-likeness (QED) is 0.296. The van der Waals surface area contributed by atoms with Crippen LogP contribution in [0, 0.1) is 18.8 Å². The van der Waals surface area contributed by atoms with Crippen LogP contribution in [0.4, 0.5) is 0 Å². The highest BCUT2D eigenvalue weighted by Crippen LogP contribution is 2.23. The van der Waals surface area contributed by atoms with Crippen LogP contribution >= 0.6 is 0 Å². The molecule has 6 heteroatoms. The van der Waals surface area contributed by atoms with E-state index in [9.17, 15) is 0 Å². The van der Waals surface area contributed by atoms with Crippen LogP contribution in [0.2, 0.25) is 0 Å². The zero-order valence-electron chi connectivity index (χ0n) is 21.6. The second-order valence-corrected chi connectivity index (χ2v) is 9.77. The van der Waals surface area contributed by atoms with Gasteiger partial charge in [-0.3, -0.25) is 9.98 Å². The summed E-state index contributed by atoms with van der Waals surface area (Å²) in [5.41, 5.74) is 17.9. The fourth-order valence-electron chi connectivity index (χ4n) is 3.52. The van der Waals surface area contributed by atoms with Gasteiger partial charge < -0.3 is 11.5 Å². The molecule has 0 bridgehead atoms. The van der Waals surface area contributed by atoms with Crippen LogP contribution in [0.15, 0.2) is 64.6 Å². The summed E-state index contributed by atoms with van der Waals surface area (Å²) in [6.45, 7) is 12.2. The Hall–Kier alpha value is -3.54. The van der Waals surface area contributed by atoms with E-state index in [2.05, 4.69) is 42.7 Å². The molecular weight excluding hydrogens is 432 g/mol. The summed E-state index contributed by atoms with van der Waals surface area (Å²) >= 11 is 0. The Kier molecular flexibility index (Phi) is 9.12. The number of aliphatic imine (C=N–C) groups is 2. The van der Waals surface area contributed by atoms with Gasteiger partial charge in [0.25, 0.3) is 0 Å². The van der Waals surface area contributed by atoms with E-state index in [0.29, 0.717) is 29.3 Å². The van der Waals surface area contributed by atoms with Crippen molar-refractivity contribution in [3.05, 3.63) is 71.4 Å². The topological polar surface area (TPSA) is 103 Å². The number of amidine groups is 2. The molecule has 0 aliphatic rings. The van der Waals surface area contributed by atoms with E-state index < -0.39 is 0 Å². The first-order valence-corrected chi connectivity index (χ1v) is 12.4. The minimum Gasteiger partial charge on any atom is -0.384 e. The normalized spacial score (nSPS) is 12.5. The van der Waals surface area contributed by atoms with E-state index in [1.165, 1.54) is 0 Å². The number of aromatic nitrogens is 2. The monoisotopic (exact) mass is 470 g/mol. The predicted octanol–water partition coefficient (Wildman–Crippen LogP) is 5.62. The Morgan fingerprint density at radius 2 is 1.17 bits per heavy atom. The van der Waals surface area contributed by atoms with Gasteiger partial charge in [-0.25, -0.2) is 9.97 Å². The Morgan fingerprint density at radius 1 is 0.714 bits per heavy atom. The lowest BCUT2D eigenvalue weighted by Gasteiger charge is -2.09. The minimum absolute atomic E-state index is 0.565. The van der Waals surface area contributed by atoms with Crippen molar-refractivity contribution in [2.24, 2.45) is 33.3 Å². The highest BCUT2D eigenvalue weighted by atomic mass is 14.9. The number of nitrogens with zero attached hydrogens (tertiary/aromatic N) is 4. The molecule has 0 saturated heterocycles. The number of hydrogen-bond acceptors (Lipinski definition) is 4. The van der Waals surface area contributed by atoms with E-state index in [1.54, 1.807) is 0 Å². The van der Waals surface area contributed by atoms with Crippen LogP contribution in [-0.4, -0.2) is 34.7 Å². The molecule has 1 heterocycles. The van der Waals surface area contributed by atoms with Gasteiger partial charge in [0.1, 0.15) is 11.7 Å². The molecule has 0 aliphatic carbocycles. The van der Waals surface area contributed by atoms with Gasteiger partial charge in [-0.2, -0.15) is 0 Å². The van der Waals surface area contributed by atoms with Crippen molar-refractivity contribution in [2.45, 2.75) is 47.5 Å². The molecule has 0 unspecified atom stereocenters. The second kappa shape index (κ2) is 12.2. The SMILES string of the molecule is Cc1cc(-c2ccc(C(N)=NCCC(C)C)cc2)nc(-c2ccc(C(N)=NCCC(C)C)cc2)n1. The molecule has 3 aromatic rings. The third kappa shape index (κ3) is 7.74. The predicted molar refractivity (Wildman–Crippen MR) is 148 cm³/mol. The van der Waals surface area contributed by atoms with Gasteiger partial charge in [-0.1, -0.05) is 76.2 Å². The van der Waals surface area contributed by atoms with Crippen molar-refractivity contribution < 1.29 is 0 Å². The van der Waals surface area contributed by atoms with E-state index in [0.717, 1.165) is 59.6 Å². The Bertz CT molecular complexity index is 1070. The molecule has 6 nitrogen and oxygen atoms in total. The van der Waals surface area contributed by atoms with Crippen molar-refractivity contribution in [1.29, 1.82) is 0 Å². The van der Waals surface area contributed by atoms with E-state index in [1.807, 2.05) is 61.5 Å². The molecular formula is C29H38N6. The maximum Gasteiger partial charge on any atom is 0.160 e. The van der Waals surface area contributed by atoms with Gasteiger partial charge in [-0.15, -0.1) is 0 Å². The third-order valence-electron chi connectivity index (χ3n) is 5.75. The van der Waals surface area contributed by atoms with Crippen molar-refractivity contribution in [2.75, 3.05) is 13.1 Å². The van der Waals surface area contributed by atoms with E-state index >= 15 is 0 Å². The fourth-order valence-corrected chi connectivity index (χ4v) is 3.52. The summed E-state index contributed by atoms with van der Waals surface area (Å²) in [5, 5.41) is 0. The molecule has 184 valence electrons. The first-order chi connectivity index (χ1) is 16.7. The number of hydrogen-bond donors (Lipinski definition) is 2. The molecule has 35 heavy (non-hydrogen) atoms. The van der Waals surface area contributed by atoms with Gasteiger partial charge in [0, 0.05) is 41.0 Å². The maximum absolute atomic E-state index is 6.17. The lowest BCUT2D eigenvalue weighted by molar-refractivity contribution is 0.597. The van der Waals surface area contributed by atoms with Crippen molar-refractivity contribution in [1.82, 2.24) is 9.97 Å². The summed E-state index contributed by atoms with van der Waals surface area (Å²) in [5.74, 6) is 3.04. The molecule has 1 aromatic heterocycles. The molecule has 0 saturated carbocycles. The Labute approximate surface area is 209 Å². The van der Waals surface area contributed by atoms with Gasteiger partial charge in [0.2, 0.25) is 0 Å². The summed E-state index contributed by atoms with van der Waals surface area (Å²) in [6.07, 6.45) is 2.05. The van der Waals surface area contributed by atoms with Crippen LogP contribution in [0.5, 0.6) is 0 Å². The summed E-state index contributed by atoms with van der Waals surface area (Å²) < 4.78 is 0.